The molecule has 0 spiro atoms. The third-order valence-corrected chi connectivity index (χ3v) is 2.12. The number of phenolic OH excluding ortho intramolecular Hbond substituents is 1. The summed E-state index contributed by atoms with van der Waals surface area (Å²) >= 11 is 5.75. The first-order chi connectivity index (χ1) is 6.32. The normalized spacial score (nSPS) is 11.4. The van der Waals surface area contributed by atoms with Crippen molar-refractivity contribution >= 4 is 17.4 Å². The molecule has 1 aromatic carbocycles. The van der Waals surface area contributed by atoms with Gasteiger partial charge in [-0.1, -0.05) is 32.4 Å². The molecule has 1 rings (SSSR count). The molecule has 0 radical (unpaired) electrons. The van der Waals surface area contributed by atoms with Crippen LogP contribution >= 0.6 is 11.6 Å². The van der Waals surface area contributed by atoms with E-state index in [0.717, 1.165) is 0 Å². The minimum atomic E-state index is -0.512. The zero-order valence-electron chi connectivity index (χ0n) is 8.47. The molecular weight excluding hydrogens is 200 g/mol. The van der Waals surface area contributed by atoms with Crippen LogP contribution in [0.5, 0.6) is 5.75 Å². The second-order valence-corrected chi connectivity index (χ2v) is 4.68. The van der Waals surface area contributed by atoms with Crippen molar-refractivity contribution in [1.29, 1.82) is 0 Å². The Morgan fingerprint density at radius 2 is 1.93 bits per heavy atom. The summed E-state index contributed by atoms with van der Waals surface area (Å²) in [6.45, 7) is 5.40. The van der Waals surface area contributed by atoms with Crippen molar-refractivity contribution in [1.82, 2.24) is 0 Å². The summed E-state index contributed by atoms with van der Waals surface area (Å²) < 4.78 is 0. The molecule has 2 nitrogen and oxygen atoms in total. The first-order valence-electron chi connectivity index (χ1n) is 4.35. The molecule has 0 atom stereocenters. The standard InChI is InChI=1S/C11H13ClO2/c1-11(2,3)10(14)8-6-7(12)4-5-9(8)13/h4-6,13H,1-3H3. The summed E-state index contributed by atoms with van der Waals surface area (Å²) in [4.78, 5) is 11.8. The van der Waals surface area contributed by atoms with E-state index in [1.54, 1.807) is 26.8 Å². The largest absolute Gasteiger partial charge is 0.507 e. The summed E-state index contributed by atoms with van der Waals surface area (Å²) in [6.07, 6.45) is 0. The number of halogens is 1. The van der Waals surface area contributed by atoms with Crippen LogP contribution in [0.1, 0.15) is 31.1 Å². The summed E-state index contributed by atoms with van der Waals surface area (Å²) in [5.74, 6) is -0.133. The van der Waals surface area contributed by atoms with Crippen LogP contribution < -0.4 is 0 Å². The number of carbonyl (C=O) groups excluding carboxylic acids is 1. The number of carbonyl (C=O) groups is 1. The van der Waals surface area contributed by atoms with Crippen LogP contribution in [0.2, 0.25) is 5.02 Å². The molecule has 0 amide bonds. The average molecular weight is 213 g/mol. The number of aromatic hydroxyl groups is 1. The van der Waals surface area contributed by atoms with Gasteiger partial charge in [0.05, 0.1) is 5.56 Å². The number of rotatable bonds is 1. The number of ketones is 1. The molecule has 0 saturated heterocycles. The fourth-order valence-corrected chi connectivity index (χ4v) is 1.27. The number of hydrogen-bond donors (Lipinski definition) is 1. The van der Waals surface area contributed by atoms with Gasteiger partial charge >= 0.3 is 0 Å². The average Bonchev–Trinajstić information content (AvgIpc) is 2.06. The predicted octanol–water partition coefficient (Wildman–Crippen LogP) is 3.27. The van der Waals surface area contributed by atoms with Crippen molar-refractivity contribution in [3.05, 3.63) is 28.8 Å². The minimum absolute atomic E-state index is 0.0191. The van der Waals surface area contributed by atoms with Gasteiger partial charge in [-0.25, -0.2) is 0 Å². The summed E-state index contributed by atoms with van der Waals surface area (Å²) in [5.41, 5.74) is -0.229. The lowest BCUT2D eigenvalue weighted by Gasteiger charge is -2.17. The Bertz CT molecular complexity index is 364. The van der Waals surface area contributed by atoms with Crippen molar-refractivity contribution in [2.24, 2.45) is 5.41 Å². The predicted molar refractivity (Wildman–Crippen MR) is 56.9 cm³/mol. The van der Waals surface area contributed by atoms with Crippen LogP contribution in [-0.2, 0) is 0 Å². The first-order valence-corrected chi connectivity index (χ1v) is 4.73. The quantitative estimate of drug-likeness (QED) is 0.726. The Balaban J connectivity index is 3.19. The molecule has 0 bridgehead atoms. The van der Waals surface area contributed by atoms with E-state index in [0.29, 0.717) is 5.02 Å². The molecule has 0 aliphatic rings. The van der Waals surface area contributed by atoms with E-state index in [1.807, 2.05) is 0 Å². The highest BCUT2D eigenvalue weighted by Crippen LogP contribution is 2.28. The van der Waals surface area contributed by atoms with Gasteiger partial charge in [0, 0.05) is 10.4 Å². The lowest BCUT2D eigenvalue weighted by molar-refractivity contribution is 0.0855. The van der Waals surface area contributed by atoms with E-state index in [4.69, 9.17) is 11.6 Å². The minimum Gasteiger partial charge on any atom is -0.507 e. The van der Waals surface area contributed by atoms with Gasteiger partial charge in [0.15, 0.2) is 5.78 Å². The molecule has 1 aromatic rings. The van der Waals surface area contributed by atoms with Crippen molar-refractivity contribution in [2.75, 3.05) is 0 Å². The van der Waals surface area contributed by atoms with Gasteiger partial charge in [-0.3, -0.25) is 4.79 Å². The summed E-state index contributed by atoms with van der Waals surface area (Å²) in [5, 5.41) is 9.94. The van der Waals surface area contributed by atoms with E-state index in [1.165, 1.54) is 12.1 Å². The molecular formula is C11H13ClO2. The zero-order valence-corrected chi connectivity index (χ0v) is 9.22. The summed E-state index contributed by atoms with van der Waals surface area (Å²) in [7, 11) is 0. The van der Waals surface area contributed by atoms with E-state index >= 15 is 0 Å². The Kier molecular flexibility index (Phi) is 2.86. The molecule has 76 valence electrons. The Labute approximate surface area is 88.5 Å². The molecule has 0 saturated carbocycles. The number of Topliss-reactive ketones (excluding diaryl/α,β-unsaturated/α-hetero) is 1. The number of hydrogen-bond acceptors (Lipinski definition) is 2. The lowest BCUT2D eigenvalue weighted by atomic mass is 9.86. The van der Waals surface area contributed by atoms with Gasteiger partial charge in [0.1, 0.15) is 5.75 Å². The molecule has 0 aliphatic heterocycles. The Morgan fingerprint density at radius 3 is 2.43 bits per heavy atom. The van der Waals surface area contributed by atoms with Gasteiger partial charge in [0.25, 0.3) is 0 Å². The van der Waals surface area contributed by atoms with Gasteiger partial charge < -0.3 is 5.11 Å². The van der Waals surface area contributed by atoms with E-state index < -0.39 is 5.41 Å². The smallest absolute Gasteiger partial charge is 0.171 e. The first kappa shape index (κ1) is 11.1. The highest BCUT2D eigenvalue weighted by molar-refractivity contribution is 6.31. The number of phenols is 1. The molecule has 14 heavy (non-hydrogen) atoms. The lowest BCUT2D eigenvalue weighted by Crippen LogP contribution is -2.20. The van der Waals surface area contributed by atoms with Crippen LogP contribution in [0.3, 0.4) is 0 Å². The second-order valence-electron chi connectivity index (χ2n) is 4.24. The zero-order chi connectivity index (χ0) is 10.9. The molecule has 0 aliphatic carbocycles. The maximum atomic E-state index is 11.8. The maximum absolute atomic E-state index is 11.8. The van der Waals surface area contributed by atoms with Crippen molar-refractivity contribution in [3.63, 3.8) is 0 Å². The molecule has 0 aromatic heterocycles. The van der Waals surface area contributed by atoms with Crippen molar-refractivity contribution in [2.45, 2.75) is 20.8 Å². The second kappa shape index (κ2) is 3.62. The highest BCUT2D eigenvalue weighted by atomic mass is 35.5. The molecule has 3 heteroatoms. The fourth-order valence-electron chi connectivity index (χ4n) is 1.09. The van der Waals surface area contributed by atoms with Crippen molar-refractivity contribution in [3.8, 4) is 5.75 Å². The molecule has 1 N–H and O–H groups in total. The van der Waals surface area contributed by atoms with Crippen LogP contribution in [-0.4, -0.2) is 10.9 Å². The van der Waals surface area contributed by atoms with Gasteiger partial charge in [-0.15, -0.1) is 0 Å². The monoisotopic (exact) mass is 212 g/mol. The fraction of sp³-hybridized carbons (Fsp3) is 0.364. The molecule has 0 fully saturated rings. The van der Waals surface area contributed by atoms with Gasteiger partial charge in [0.2, 0.25) is 0 Å². The third-order valence-electron chi connectivity index (χ3n) is 1.88. The molecule has 0 heterocycles. The van der Waals surface area contributed by atoms with Crippen LogP contribution in [0, 0.1) is 5.41 Å². The van der Waals surface area contributed by atoms with Crippen LogP contribution in [0.15, 0.2) is 18.2 Å². The van der Waals surface area contributed by atoms with E-state index in [-0.39, 0.29) is 17.1 Å². The van der Waals surface area contributed by atoms with E-state index in [2.05, 4.69) is 0 Å². The highest BCUT2D eigenvalue weighted by Gasteiger charge is 2.25. The van der Waals surface area contributed by atoms with Gasteiger partial charge in [-0.2, -0.15) is 0 Å². The SMILES string of the molecule is CC(C)(C)C(=O)c1cc(Cl)ccc1O. The van der Waals surface area contributed by atoms with Gasteiger partial charge in [-0.05, 0) is 18.2 Å². The molecule has 0 unspecified atom stereocenters. The van der Waals surface area contributed by atoms with E-state index in [9.17, 15) is 9.90 Å². The third kappa shape index (κ3) is 2.26. The Morgan fingerprint density at radius 1 is 1.36 bits per heavy atom. The Hall–Kier alpha value is -1.02. The summed E-state index contributed by atoms with van der Waals surface area (Å²) in [6, 6.07) is 4.47. The topological polar surface area (TPSA) is 37.3 Å². The van der Waals surface area contributed by atoms with Crippen molar-refractivity contribution < 1.29 is 9.90 Å². The maximum Gasteiger partial charge on any atom is 0.171 e. The van der Waals surface area contributed by atoms with Crippen LogP contribution in [0.4, 0.5) is 0 Å². The van der Waals surface area contributed by atoms with Crippen LogP contribution in [0.25, 0.3) is 0 Å². The number of benzene rings is 1.